The van der Waals surface area contributed by atoms with Crippen LogP contribution in [0.1, 0.15) is 55.1 Å². The zero-order chi connectivity index (χ0) is 17.8. The molecule has 1 aliphatic carbocycles. The van der Waals surface area contributed by atoms with Gasteiger partial charge in [-0.2, -0.15) is 0 Å². The molecule has 0 spiro atoms. The summed E-state index contributed by atoms with van der Waals surface area (Å²) in [6.45, 7) is 7.55. The van der Waals surface area contributed by atoms with Crippen molar-refractivity contribution >= 4 is 5.82 Å². The number of nitrogens with one attached hydrogen (secondary N) is 1. The second-order valence-corrected chi connectivity index (χ2v) is 7.97. The first-order valence-electron chi connectivity index (χ1n) is 10.5. The van der Waals surface area contributed by atoms with Gasteiger partial charge in [0.05, 0.1) is 5.69 Å². The lowest BCUT2D eigenvalue weighted by Gasteiger charge is -2.36. The third-order valence-electron chi connectivity index (χ3n) is 6.20. The molecule has 0 unspecified atom stereocenters. The van der Waals surface area contributed by atoms with Gasteiger partial charge in [0, 0.05) is 63.8 Å². The predicted molar refractivity (Wildman–Crippen MR) is 104 cm³/mol. The molecule has 0 radical (unpaired) electrons. The molecule has 2 aliphatic heterocycles. The first-order chi connectivity index (χ1) is 12.8. The Labute approximate surface area is 157 Å². The van der Waals surface area contributed by atoms with Crippen LogP contribution >= 0.6 is 0 Å². The highest BCUT2D eigenvalue weighted by Gasteiger charge is 2.27. The van der Waals surface area contributed by atoms with Crippen LogP contribution in [0.3, 0.4) is 0 Å². The maximum Gasteiger partial charge on any atom is 0.135 e. The van der Waals surface area contributed by atoms with E-state index in [0.717, 1.165) is 70.9 Å². The number of hydrogen-bond acceptors (Lipinski definition) is 6. The molecule has 6 heteroatoms. The average molecular weight is 360 g/mol. The summed E-state index contributed by atoms with van der Waals surface area (Å²) in [6, 6.07) is 0. The SMILES string of the molecule is OCCCN1CCN(c2nc(C3CCCC3)nc3c2CCNCC3)CC1. The van der Waals surface area contributed by atoms with E-state index in [1.807, 2.05) is 0 Å². The van der Waals surface area contributed by atoms with Gasteiger partial charge in [0.15, 0.2) is 0 Å². The number of nitrogens with zero attached hydrogens (tertiary/aromatic N) is 4. The van der Waals surface area contributed by atoms with Gasteiger partial charge in [-0.3, -0.25) is 4.90 Å². The Balaban J connectivity index is 1.56. The first-order valence-corrected chi connectivity index (χ1v) is 10.5. The fourth-order valence-corrected chi connectivity index (χ4v) is 4.65. The number of piperazine rings is 1. The molecule has 3 aliphatic rings. The van der Waals surface area contributed by atoms with Gasteiger partial charge in [-0.05, 0) is 32.2 Å². The second-order valence-electron chi connectivity index (χ2n) is 7.97. The number of fused-ring (bicyclic) bond motifs is 1. The summed E-state index contributed by atoms with van der Waals surface area (Å²) in [5, 5.41) is 12.6. The molecule has 0 aromatic carbocycles. The van der Waals surface area contributed by atoms with Gasteiger partial charge in [-0.1, -0.05) is 12.8 Å². The monoisotopic (exact) mass is 359 g/mol. The summed E-state index contributed by atoms with van der Waals surface area (Å²) in [5.74, 6) is 2.91. The third-order valence-corrected chi connectivity index (χ3v) is 6.20. The van der Waals surface area contributed by atoms with Crippen LogP contribution in [-0.4, -0.2) is 72.4 Å². The maximum atomic E-state index is 9.06. The van der Waals surface area contributed by atoms with Crippen molar-refractivity contribution in [2.75, 3.05) is 57.3 Å². The van der Waals surface area contributed by atoms with Gasteiger partial charge >= 0.3 is 0 Å². The lowest BCUT2D eigenvalue weighted by molar-refractivity contribution is 0.215. The molecule has 0 amide bonds. The van der Waals surface area contributed by atoms with Crippen molar-refractivity contribution in [1.82, 2.24) is 20.2 Å². The van der Waals surface area contributed by atoms with E-state index in [1.54, 1.807) is 0 Å². The molecular formula is C20H33N5O. The van der Waals surface area contributed by atoms with Crippen LogP contribution in [0.25, 0.3) is 0 Å². The van der Waals surface area contributed by atoms with Crippen molar-refractivity contribution in [3.05, 3.63) is 17.1 Å². The minimum Gasteiger partial charge on any atom is -0.396 e. The van der Waals surface area contributed by atoms with Crippen LogP contribution in [-0.2, 0) is 12.8 Å². The van der Waals surface area contributed by atoms with Crippen LogP contribution < -0.4 is 10.2 Å². The number of aromatic nitrogens is 2. The van der Waals surface area contributed by atoms with Crippen molar-refractivity contribution in [1.29, 1.82) is 0 Å². The smallest absolute Gasteiger partial charge is 0.135 e. The Morgan fingerprint density at radius 3 is 2.54 bits per heavy atom. The van der Waals surface area contributed by atoms with Gasteiger partial charge in [-0.15, -0.1) is 0 Å². The topological polar surface area (TPSA) is 64.5 Å². The highest BCUT2D eigenvalue weighted by atomic mass is 16.3. The molecule has 1 saturated carbocycles. The van der Waals surface area contributed by atoms with Crippen LogP contribution in [0.4, 0.5) is 5.82 Å². The largest absolute Gasteiger partial charge is 0.396 e. The van der Waals surface area contributed by atoms with E-state index >= 15 is 0 Å². The van der Waals surface area contributed by atoms with Gasteiger partial charge in [0.25, 0.3) is 0 Å². The average Bonchev–Trinajstić information content (AvgIpc) is 3.11. The van der Waals surface area contributed by atoms with Crippen LogP contribution in [0, 0.1) is 0 Å². The van der Waals surface area contributed by atoms with Gasteiger partial charge in [0.1, 0.15) is 11.6 Å². The fourth-order valence-electron chi connectivity index (χ4n) is 4.65. The molecule has 4 rings (SSSR count). The first kappa shape index (κ1) is 18.1. The summed E-state index contributed by atoms with van der Waals surface area (Å²) in [5.41, 5.74) is 2.69. The van der Waals surface area contributed by atoms with Crippen LogP contribution in [0.15, 0.2) is 0 Å². The molecule has 1 aromatic heterocycles. The normalized spacial score (nSPS) is 22.4. The van der Waals surface area contributed by atoms with Crippen molar-refractivity contribution in [3.63, 3.8) is 0 Å². The zero-order valence-electron chi connectivity index (χ0n) is 15.9. The Morgan fingerprint density at radius 1 is 1.00 bits per heavy atom. The molecule has 26 heavy (non-hydrogen) atoms. The molecule has 1 saturated heterocycles. The molecule has 2 fully saturated rings. The van der Waals surface area contributed by atoms with Gasteiger partial charge in [0.2, 0.25) is 0 Å². The number of aliphatic hydroxyl groups is 1. The summed E-state index contributed by atoms with van der Waals surface area (Å²) >= 11 is 0. The molecule has 1 aromatic rings. The van der Waals surface area contributed by atoms with E-state index in [2.05, 4.69) is 15.1 Å². The Morgan fingerprint density at radius 2 is 1.77 bits per heavy atom. The van der Waals surface area contributed by atoms with Gasteiger partial charge in [-0.25, -0.2) is 9.97 Å². The van der Waals surface area contributed by atoms with Gasteiger partial charge < -0.3 is 15.3 Å². The molecule has 0 atom stereocenters. The molecular weight excluding hydrogens is 326 g/mol. The van der Waals surface area contributed by atoms with E-state index in [9.17, 15) is 0 Å². The van der Waals surface area contributed by atoms with E-state index in [-0.39, 0.29) is 6.61 Å². The Bertz CT molecular complexity index is 594. The predicted octanol–water partition coefficient (Wildman–Crippen LogP) is 1.33. The van der Waals surface area contributed by atoms with Crippen molar-refractivity contribution in [3.8, 4) is 0 Å². The summed E-state index contributed by atoms with van der Waals surface area (Å²) < 4.78 is 0. The zero-order valence-corrected chi connectivity index (χ0v) is 15.9. The molecule has 2 N–H and O–H groups in total. The summed E-state index contributed by atoms with van der Waals surface area (Å²) in [7, 11) is 0. The molecule has 3 heterocycles. The van der Waals surface area contributed by atoms with Crippen molar-refractivity contribution < 1.29 is 5.11 Å². The standard InChI is InChI=1S/C20H33N5O/c26-15-3-10-24-11-13-25(14-12-24)20-17-6-8-21-9-7-18(17)22-19(23-20)16-4-1-2-5-16/h16,21,26H,1-15H2. The van der Waals surface area contributed by atoms with Crippen LogP contribution in [0.5, 0.6) is 0 Å². The summed E-state index contributed by atoms with van der Waals surface area (Å²) in [4.78, 5) is 15.2. The lowest BCUT2D eigenvalue weighted by atomic mass is 10.0. The van der Waals surface area contributed by atoms with Crippen molar-refractivity contribution in [2.24, 2.45) is 0 Å². The minimum absolute atomic E-state index is 0.289. The van der Waals surface area contributed by atoms with E-state index < -0.39 is 0 Å². The molecule has 0 bridgehead atoms. The Kier molecular flexibility index (Phi) is 6.02. The maximum absolute atomic E-state index is 9.06. The Hall–Kier alpha value is -1.24. The number of anilines is 1. The number of rotatable bonds is 5. The number of hydrogen-bond donors (Lipinski definition) is 2. The van der Waals surface area contributed by atoms with E-state index in [1.165, 1.54) is 42.8 Å². The quantitative estimate of drug-likeness (QED) is 0.827. The molecule has 144 valence electrons. The molecule has 6 nitrogen and oxygen atoms in total. The highest BCUT2D eigenvalue weighted by Crippen LogP contribution is 2.34. The summed E-state index contributed by atoms with van der Waals surface area (Å²) in [6.07, 6.45) is 8.11. The number of aliphatic hydroxyl groups excluding tert-OH is 1. The van der Waals surface area contributed by atoms with E-state index in [4.69, 9.17) is 15.1 Å². The van der Waals surface area contributed by atoms with E-state index in [0.29, 0.717) is 5.92 Å². The fraction of sp³-hybridized carbons (Fsp3) is 0.800. The third kappa shape index (κ3) is 4.02. The highest BCUT2D eigenvalue weighted by molar-refractivity contribution is 5.51. The van der Waals surface area contributed by atoms with Crippen LogP contribution in [0.2, 0.25) is 0 Å². The minimum atomic E-state index is 0.289. The second kappa shape index (κ2) is 8.63. The van der Waals surface area contributed by atoms with Crippen molar-refractivity contribution in [2.45, 2.75) is 50.9 Å². The lowest BCUT2D eigenvalue weighted by Crippen LogP contribution is -2.47.